The lowest BCUT2D eigenvalue weighted by Crippen LogP contribution is -2.00. The Hall–Kier alpha value is -1.77. The maximum Gasteiger partial charge on any atom is 0.129 e. The van der Waals surface area contributed by atoms with E-state index in [1.807, 2.05) is 13.2 Å². The van der Waals surface area contributed by atoms with Crippen LogP contribution in [0.3, 0.4) is 0 Å². The van der Waals surface area contributed by atoms with Crippen molar-refractivity contribution < 1.29 is 0 Å². The topological polar surface area (TPSA) is 43.8 Å². The number of anilines is 1. The fourth-order valence-corrected chi connectivity index (χ4v) is 2.99. The summed E-state index contributed by atoms with van der Waals surface area (Å²) in [5.74, 6) is 1.45. The van der Waals surface area contributed by atoms with E-state index < -0.39 is 0 Å². The van der Waals surface area contributed by atoms with Crippen molar-refractivity contribution in [2.75, 3.05) is 5.73 Å². The van der Waals surface area contributed by atoms with Gasteiger partial charge in [-0.3, -0.25) is 4.68 Å². The van der Waals surface area contributed by atoms with Gasteiger partial charge in [-0.15, -0.1) is 0 Å². The largest absolute Gasteiger partial charge is 0.383 e. The van der Waals surface area contributed by atoms with Gasteiger partial charge in [0, 0.05) is 12.6 Å². The van der Waals surface area contributed by atoms with Gasteiger partial charge in [0.25, 0.3) is 0 Å². The molecule has 0 saturated heterocycles. The highest BCUT2D eigenvalue weighted by Crippen LogP contribution is 2.40. The Bertz CT molecular complexity index is 551. The molecule has 18 heavy (non-hydrogen) atoms. The monoisotopic (exact) mass is 241 g/mol. The van der Waals surface area contributed by atoms with Gasteiger partial charge in [-0.25, -0.2) is 0 Å². The number of nitrogen functional groups attached to an aromatic ring is 1. The minimum Gasteiger partial charge on any atom is -0.383 e. The fraction of sp³-hybridized carbons (Fsp3) is 0.400. The third-order valence-electron chi connectivity index (χ3n) is 4.03. The highest BCUT2D eigenvalue weighted by molar-refractivity contribution is 5.76. The molecule has 1 aliphatic rings. The lowest BCUT2D eigenvalue weighted by atomic mass is 9.90. The minimum atomic E-state index is 0.695. The molecule has 94 valence electrons. The lowest BCUT2D eigenvalue weighted by molar-refractivity contribution is 0.725. The van der Waals surface area contributed by atoms with Crippen LogP contribution in [0.25, 0.3) is 11.1 Å². The molecule has 2 N–H and O–H groups in total. The predicted octanol–water partition coefficient (Wildman–Crippen LogP) is 3.33. The number of aromatic nitrogens is 2. The van der Waals surface area contributed by atoms with Crippen molar-refractivity contribution in [3.05, 3.63) is 36.0 Å². The van der Waals surface area contributed by atoms with E-state index in [1.54, 1.807) is 4.68 Å². The van der Waals surface area contributed by atoms with Crippen LogP contribution in [0.2, 0.25) is 0 Å². The van der Waals surface area contributed by atoms with Crippen LogP contribution in [-0.4, -0.2) is 9.78 Å². The maximum absolute atomic E-state index is 6.10. The average Bonchev–Trinajstić information content (AvgIpc) is 3.02. The molecule has 0 aliphatic heterocycles. The third-order valence-corrected chi connectivity index (χ3v) is 4.03. The summed E-state index contributed by atoms with van der Waals surface area (Å²) in [6.07, 6.45) is 7.18. The summed E-state index contributed by atoms with van der Waals surface area (Å²) in [4.78, 5) is 0. The quantitative estimate of drug-likeness (QED) is 0.876. The second kappa shape index (κ2) is 4.48. The Morgan fingerprint density at radius 3 is 2.56 bits per heavy atom. The van der Waals surface area contributed by atoms with Gasteiger partial charge < -0.3 is 5.73 Å². The number of rotatable bonds is 2. The summed E-state index contributed by atoms with van der Waals surface area (Å²) in [6.45, 7) is 0. The van der Waals surface area contributed by atoms with E-state index >= 15 is 0 Å². The molecule has 2 aromatic rings. The molecule has 0 radical (unpaired) electrons. The summed E-state index contributed by atoms with van der Waals surface area (Å²) >= 11 is 0. The normalized spacial score (nSPS) is 16.3. The second-order valence-corrected chi connectivity index (χ2v) is 5.14. The van der Waals surface area contributed by atoms with Crippen LogP contribution in [0.4, 0.5) is 5.82 Å². The van der Waals surface area contributed by atoms with Crippen LogP contribution < -0.4 is 5.73 Å². The zero-order chi connectivity index (χ0) is 12.5. The van der Waals surface area contributed by atoms with Gasteiger partial charge in [-0.05, 0) is 29.9 Å². The van der Waals surface area contributed by atoms with E-state index in [0.29, 0.717) is 5.92 Å². The molecule has 0 unspecified atom stereocenters. The number of nitrogens with two attached hydrogens (primary N) is 1. The molecular formula is C15H19N3. The zero-order valence-electron chi connectivity index (χ0n) is 10.8. The average molecular weight is 241 g/mol. The van der Waals surface area contributed by atoms with Crippen molar-refractivity contribution in [2.24, 2.45) is 7.05 Å². The van der Waals surface area contributed by atoms with Crippen LogP contribution in [0, 0.1) is 0 Å². The standard InChI is InChI=1S/C15H19N3/c1-18-15(16)14(10-17-18)13-9-5-4-8-12(13)11-6-2-3-7-11/h4-5,8-11H,2-3,6-7,16H2,1H3. The van der Waals surface area contributed by atoms with Crippen molar-refractivity contribution >= 4 is 5.82 Å². The van der Waals surface area contributed by atoms with Crippen molar-refractivity contribution in [2.45, 2.75) is 31.6 Å². The van der Waals surface area contributed by atoms with Gasteiger partial charge in [-0.2, -0.15) is 5.10 Å². The smallest absolute Gasteiger partial charge is 0.129 e. The van der Waals surface area contributed by atoms with Gasteiger partial charge in [-0.1, -0.05) is 37.1 Å². The summed E-state index contributed by atoms with van der Waals surface area (Å²) in [6, 6.07) is 8.63. The SMILES string of the molecule is Cn1ncc(-c2ccccc2C2CCCC2)c1N. The molecule has 1 fully saturated rings. The Kier molecular flexibility index (Phi) is 2.82. The Balaban J connectivity index is 2.08. The van der Waals surface area contributed by atoms with E-state index in [1.165, 1.54) is 36.8 Å². The summed E-state index contributed by atoms with van der Waals surface area (Å²) in [5, 5.41) is 4.25. The van der Waals surface area contributed by atoms with Gasteiger partial charge in [0.15, 0.2) is 0 Å². The molecule has 1 aliphatic carbocycles. The summed E-state index contributed by atoms with van der Waals surface area (Å²) in [7, 11) is 1.89. The van der Waals surface area contributed by atoms with Gasteiger partial charge >= 0.3 is 0 Å². The number of nitrogens with zero attached hydrogens (tertiary/aromatic N) is 2. The number of hydrogen-bond donors (Lipinski definition) is 1. The molecule has 0 amide bonds. The van der Waals surface area contributed by atoms with E-state index in [9.17, 15) is 0 Å². The molecule has 3 rings (SSSR count). The maximum atomic E-state index is 6.10. The van der Waals surface area contributed by atoms with Gasteiger partial charge in [0.2, 0.25) is 0 Å². The molecule has 3 heteroatoms. The Labute approximate surface area is 108 Å². The molecule has 0 bridgehead atoms. The summed E-state index contributed by atoms with van der Waals surface area (Å²) in [5.41, 5.74) is 9.87. The van der Waals surface area contributed by atoms with E-state index in [4.69, 9.17) is 5.73 Å². The fourth-order valence-electron chi connectivity index (χ4n) is 2.99. The molecule has 1 saturated carbocycles. The van der Waals surface area contributed by atoms with Gasteiger partial charge in [0.1, 0.15) is 5.82 Å². The Morgan fingerprint density at radius 2 is 1.89 bits per heavy atom. The second-order valence-electron chi connectivity index (χ2n) is 5.14. The molecule has 1 heterocycles. The van der Waals surface area contributed by atoms with Crippen LogP contribution in [0.15, 0.2) is 30.5 Å². The van der Waals surface area contributed by atoms with Crippen molar-refractivity contribution in [3.63, 3.8) is 0 Å². The lowest BCUT2D eigenvalue weighted by Gasteiger charge is -2.14. The number of benzene rings is 1. The number of aryl methyl sites for hydroxylation is 1. The first kappa shape index (κ1) is 11.3. The molecular weight excluding hydrogens is 222 g/mol. The molecule has 1 aromatic carbocycles. The molecule has 0 atom stereocenters. The van der Waals surface area contributed by atoms with Crippen LogP contribution in [-0.2, 0) is 7.05 Å². The molecule has 0 spiro atoms. The molecule has 3 nitrogen and oxygen atoms in total. The van der Waals surface area contributed by atoms with Gasteiger partial charge in [0.05, 0.1) is 6.20 Å². The van der Waals surface area contributed by atoms with Crippen LogP contribution in [0.5, 0.6) is 0 Å². The first-order valence-corrected chi connectivity index (χ1v) is 6.64. The minimum absolute atomic E-state index is 0.695. The Morgan fingerprint density at radius 1 is 1.17 bits per heavy atom. The van der Waals surface area contributed by atoms with Crippen molar-refractivity contribution in [3.8, 4) is 11.1 Å². The van der Waals surface area contributed by atoms with E-state index in [-0.39, 0.29) is 0 Å². The highest BCUT2D eigenvalue weighted by Gasteiger charge is 2.21. The third kappa shape index (κ3) is 1.80. The van der Waals surface area contributed by atoms with E-state index in [0.717, 1.165) is 11.4 Å². The van der Waals surface area contributed by atoms with Crippen LogP contribution in [0.1, 0.15) is 37.2 Å². The highest BCUT2D eigenvalue weighted by atomic mass is 15.3. The van der Waals surface area contributed by atoms with E-state index in [2.05, 4.69) is 29.4 Å². The van der Waals surface area contributed by atoms with Crippen LogP contribution >= 0.6 is 0 Å². The first-order chi connectivity index (χ1) is 8.77. The molecule has 1 aromatic heterocycles. The predicted molar refractivity (Wildman–Crippen MR) is 74.3 cm³/mol. The summed E-state index contributed by atoms with van der Waals surface area (Å²) < 4.78 is 1.74. The van der Waals surface area contributed by atoms with Crippen molar-refractivity contribution in [1.82, 2.24) is 9.78 Å². The van der Waals surface area contributed by atoms with Crippen molar-refractivity contribution in [1.29, 1.82) is 0 Å². The first-order valence-electron chi connectivity index (χ1n) is 6.64. The zero-order valence-corrected chi connectivity index (χ0v) is 10.8. The number of hydrogen-bond acceptors (Lipinski definition) is 2.